The van der Waals surface area contributed by atoms with E-state index in [0.29, 0.717) is 10.8 Å². The molecule has 2 aliphatic rings. The van der Waals surface area contributed by atoms with E-state index in [9.17, 15) is 0 Å². The molecule has 1 heteroatoms. The van der Waals surface area contributed by atoms with Gasteiger partial charge in [0, 0.05) is 0 Å². The van der Waals surface area contributed by atoms with Crippen LogP contribution < -0.4 is 0 Å². The molecule has 0 fully saturated rings. The third-order valence-electron chi connectivity index (χ3n) is 3.01. The van der Waals surface area contributed by atoms with Crippen molar-refractivity contribution in [2.45, 2.75) is 54.4 Å². The summed E-state index contributed by atoms with van der Waals surface area (Å²) in [7, 11) is 0. The van der Waals surface area contributed by atoms with Gasteiger partial charge in [0.15, 0.2) is 0 Å². The summed E-state index contributed by atoms with van der Waals surface area (Å²) in [6.07, 6.45) is 17.3. The molecule has 0 aromatic carbocycles. The molecule has 0 unspecified atom stereocenters. The second-order valence-electron chi connectivity index (χ2n) is 6.89. The monoisotopic (exact) mass is 293 g/mol. The molecular weight excluding hydrogens is 267 g/mol. The molecule has 0 saturated carbocycles. The van der Waals surface area contributed by atoms with Crippen molar-refractivity contribution in [3.63, 3.8) is 0 Å². The first-order valence-corrected chi connectivity index (χ1v) is 6.77. The van der Waals surface area contributed by atoms with Crippen molar-refractivity contribution >= 4 is 0 Å². The van der Waals surface area contributed by atoms with E-state index >= 15 is 0 Å². The Bertz CT molecular complexity index is 352. The molecule has 19 heavy (non-hydrogen) atoms. The van der Waals surface area contributed by atoms with E-state index in [1.165, 1.54) is 11.1 Å². The van der Waals surface area contributed by atoms with Crippen molar-refractivity contribution in [2.75, 3.05) is 0 Å². The average molecular weight is 293 g/mol. The van der Waals surface area contributed by atoms with Crippen LogP contribution in [0.1, 0.15) is 54.4 Å². The minimum atomic E-state index is 0. The molecule has 0 aliphatic heterocycles. The summed E-state index contributed by atoms with van der Waals surface area (Å²) in [5, 5.41) is 0. The Morgan fingerprint density at radius 2 is 1.05 bits per heavy atom. The van der Waals surface area contributed by atoms with Gasteiger partial charge in [-0.2, -0.15) is 12.2 Å². The fourth-order valence-corrected chi connectivity index (χ4v) is 1.84. The van der Waals surface area contributed by atoms with Gasteiger partial charge in [-0.3, -0.25) is 12.2 Å². The van der Waals surface area contributed by atoms with Gasteiger partial charge in [-0.1, -0.05) is 41.5 Å². The standard InChI is InChI=1S/2C9H13.V/c2*1-9(2,3)8-6-4-5-7-8;/h2*4,6H,5H2,1-3H3;/q2*-1;+2. The first-order chi connectivity index (χ1) is 8.21. The van der Waals surface area contributed by atoms with Crippen LogP contribution in [0.2, 0.25) is 0 Å². The van der Waals surface area contributed by atoms with Crippen LogP contribution >= 0.6 is 0 Å². The smallest absolute Gasteiger partial charge is 0.269 e. The number of rotatable bonds is 0. The van der Waals surface area contributed by atoms with Crippen LogP contribution in [0.5, 0.6) is 0 Å². The van der Waals surface area contributed by atoms with E-state index in [0.717, 1.165) is 12.8 Å². The molecule has 0 aromatic rings. The van der Waals surface area contributed by atoms with Crippen LogP contribution in [0.25, 0.3) is 0 Å². The Morgan fingerprint density at radius 1 is 0.737 bits per heavy atom. The third kappa shape index (κ3) is 6.50. The maximum absolute atomic E-state index is 3.30. The summed E-state index contributed by atoms with van der Waals surface area (Å²) < 4.78 is 0. The quantitative estimate of drug-likeness (QED) is 0.522. The van der Waals surface area contributed by atoms with Crippen molar-refractivity contribution < 1.29 is 18.6 Å². The van der Waals surface area contributed by atoms with E-state index in [1.807, 2.05) is 0 Å². The molecule has 0 aromatic heterocycles. The molecule has 0 atom stereocenters. The van der Waals surface area contributed by atoms with Crippen molar-refractivity contribution in [3.05, 3.63) is 47.6 Å². The Labute approximate surface area is 131 Å². The van der Waals surface area contributed by atoms with Crippen molar-refractivity contribution in [1.82, 2.24) is 0 Å². The molecule has 0 N–H and O–H groups in total. The van der Waals surface area contributed by atoms with Crippen LogP contribution in [0.4, 0.5) is 0 Å². The van der Waals surface area contributed by atoms with Gasteiger partial charge in [-0.25, -0.2) is 23.3 Å². The predicted molar refractivity (Wildman–Crippen MR) is 79.9 cm³/mol. The molecule has 0 nitrogen and oxygen atoms in total. The van der Waals surface area contributed by atoms with Gasteiger partial charge in [0.2, 0.25) is 0 Å². The van der Waals surface area contributed by atoms with Gasteiger partial charge in [-0.15, -0.1) is 12.8 Å². The molecule has 2 aliphatic carbocycles. The van der Waals surface area contributed by atoms with E-state index in [4.69, 9.17) is 0 Å². The zero-order chi connectivity index (χ0) is 13.8. The predicted octanol–water partition coefficient (Wildman–Crippen LogP) is 5.44. The van der Waals surface area contributed by atoms with Crippen LogP contribution in [0, 0.1) is 23.0 Å². The molecule has 0 bridgehead atoms. The van der Waals surface area contributed by atoms with E-state index in [2.05, 4.69) is 78.0 Å². The molecule has 0 amide bonds. The number of hydrogen-bond acceptors (Lipinski definition) is 0. The van der Waals surface area contributed by atoms with Gasteiger partial charge in [0.1, 0.15) is 0 Å². The van der Waals surface area contributed by atoms with E-state index in [1.54, 1.807) is 0 Å². The van der Waals surface area contributed by atoms with Crippen molar-refractivity contribution in [2.24, 2.45) is 10.8 Å². The van der Waals surface area contributed by atoms with Crippen LogP contribution in [0.15, 0.2) is 35.5 Å². The Balaban J connectivity index is 0.000000324. The fraction of sp³-hybridized carbons (Fsp3) is 0.556. The summed E-state index contributed by atoms with van der Waals surface area (Å²) in [6.45, 7) is 13.3. The van der Waals surface area contributed by atoms with Crippen LogP contribution in [-0.2, 0) is 18.6 Å². The van der Waals surface area contributed by atoms with Gasteiger partial charge >= 0.3 is 18.6 Å². The minimum Gasteiger partial charge on any atom is -0.269 e. The Morgan fingerprint density at radius 3 is 1.16 bits per heavy atom. The Kier molecular flexibility index (Phi) is 7.18. The largest absolute Gasteiger partial charge is 2.00 e. The minimum absolute atomic E-state index is 0. The maximum Gasteiger partial charge on any atom is 2.00 e. The second-order valence-corrected chi connectivity index (χ2v) is 6.89. The Hall–Kier alpha value is -0.456. The molecule has 0 saturated heterocycles. The third-order valence-corrected chi connectivity index (χ3v) is 3.01. The average Bonchev–Trinajstić information content (AvgIpc) is 2.91. The normalized spacial score (nSPS) is 17.4. The van der Waals surface area contributed by atoms with Gasteiger partial charge < -0.3 is 0 Å². The summed E-state index contributed by atoms with van der Waals surface area (Å²) in [5.41, 5.74) is 3.30. The summed E-state index contributed by atoms with van der Waals surface area (Å²) in [6, 6.07) is 0. The molecular formula is C18H26V. The molecule has 0 spiro atoms. The number of allylic oxidation sites excluding steroid dienone is 8. The maximum atomic E-state index is 3.30. The SMILES string of the molecule is CC(C)(C)C1=[C-]CC=C1.CC(C)(C)C1=[C-]CC=C1.[V+2]. The summed E-state index contributed by atoms with van der Waals surface area (Å²) in [5.74, 6) is 0. The van der Waals surface area contributed by atoms with Crippen molar-refractivity contribution in [3.8, 4) is 0 Å². The molecule has 0 heterocycles. The zero-order valence-corrected chi connectivity index (χ0v) is 14.6. The molecule has 2 rings (SSSR count). The first-order valence-electron chi connectivity index (χ1n) is 6.77. The van der Waals surface area contributed by atoms with E-state index in [-0.39, 0.29) is 18.6 Å². The van der Waals surface area contributed by atoms with Crippen LogP contribution in [0.3, 0.4) is 0 Å². The van der Waals surface area contributed by atoms with Gasteiger partial charge in [0.25, 0.3) is 0 Å². The summed E-state index contributed by atoms with van der Waals surface area (Å²) in [4.78, 5) is 0. The van der Waals surface area contributed by atoms with Crippen molar-refractivity contribution in [1.29, 1.82) is 0 Å². The zero-order valence-electron chi connectivity index (χ0n) is 13.2. The summed E-state index contributed by atoms with van der Waals surface area (Å²) >= 11 is 0. The second kappa shape index (κ2) is 7.36. The molecule has 1 radical (unpaired) electrons. The van der Waals surface area contributed by atoms with Gasteiger partial charge in [0.05, 0.1) is 0 Å². The van der Waals surface area contributed by atoms with E-state index < -0.39 is 0 Å². The molecule has 103 valence electrons. The number of hydrogen-bond donors (Lipinski definition) is 0. The van der Waals surface area contributed by atoms with Gasteiger partial charge in [-0.05, 0) is 10.8 Å². The van der Waals surface area contributed by atoms with Crippen LogP contribution in [-0.4, -0.2) is 0 Å². The first kappa shape index (κ1) is 18.5. The fourth-order valence-electron chi connectivity index (χ4n) is 1.84. The topological polar surface area (TPSA) is 0 Å².